The molecule has 0 aromatic heterocycles. The normalized spacial score (nSPS) is 12.8. The predicted octanol–water partition coefficient (Wildman–Crippen LogP) is 1.79. The van der Waals surface area contributed by atoms with Crippen molar-refractivity contribution in [2.24, 2.45) is 5.92 Å². The van der Waals surface area contributed by atoms with E-state index >= 15 is 0 Å². The summed E-state index contributed by atoms with van der Waals surface area (Å²) in [5, 5.41) is 0. The Hall–Kier alpha value is -0.590. The van der Waals surface area contributed by atoms with Gasteiger partial charge in [-0.05, 0) is 12.8 Å². The van der Waals surface area contributed by atoms with Crippen LogP contribution in [-0.2, 0) is 4.79 Å². The van der Waals surface area contributed by atoms with Crippen LogP contribution in [0.3, 0.4) is 0 Å². The third kappa shape index (κ3) is 3.59. The van der Waals surface area contributed by atoms with Crippen molar-refractivity contribution in [1.29, 1.82) is 0 Å². The van der Waals surface area contributed by atoms with Crippen LogP contribution >= 0.6 is 0 Å². The van der Waals surface area contributed by atoms with Gasteiger partial charge in [0.05, 0.1) is 0 Å². The largest absolute Gasteiger partial charge is 0.300 e. The Labute approximate surface area is 50.4 Å². The molecule has 0 saturated carbocycles. The van der Waals surface area contributed by atoms with Gasteiger partial charge in [-0.1, -0.05) is 13.0 Å². The third-order valence-corrected chi connectivity index (χ3v) is 1.01. The summed E-state index contributed by atoms with van der Waals surface area (Å²) in [6.45, 7) is 7.14. The minimum atomic E-state index is 0.234. The lowest BCUT2D eigenvalue weighted by Gasteiger charge is -1.98. The molecule has 0 radical (unpaired) electrons. The molecule has 0 saturated heterocycles. The van der Waals surface area contributed by atoms with Crippen LogP contribution in [0, 0.1) is 5.92 Å². The second-order valence-electron chi connectivity index (χ2n) is 2.12. The van der Waals surface area contributed by atoms with Crippen LogP contribution < -0.4 is 0 Å². The van der Waals surface area contributed by atoms with Crippen LogP contribution in [0.1, 0.15) is 20.3 Å². The summed E-state index contributed by atoms with van der Waals surface area (Å²) < 4.78 is 0. The van der Waals surface area contributed by atoms with Crippen LogP contribution in [0.5, 0.6) is 0 Å². The lowest BCUT2D eigenvalue weighted by atomic mass is 10.1. The smallest absolute Gasteiger partial charge is 0.130 e. The second-order valence-corrected chi connectivity index (χ2v) is 2.12. The Balaban J connectivity index is 3.38. The SMILES string of the molecule is C=C[C@@H](C)CC(C)=O. The lowest BCUT2D eigenvalue weighted by Crippen LogP contribution is -1.96. The molecule has 0 aliphatic heterocycles. The number of Topliss-reactive ketones (excluding diaryl/α,β-unsaturated/α-hetero) is 1. The molecular formula is C7H12O. The maximum absolute atomic E-state index is 10.4. The summed E-state index contributed by atoms with van der Waals surface area (Å²) in [7, 11) is 0. The number of carbonyl (C=O) groups is 1. The van der Waals surface area contributed by atoms with Gasteiger partial charge >= 0.3 is 0 Å². The fraction of sp³-hybridized carbons (Fsp3) is 0.571. The van der Waals surface area contributed by atoms with Crippen LogP contribution in [-0.4, -0.2) is 5.78 Å². The summed E-state index contributed by atoms with van der Waals surface area (Å²) in [5.41, 5.74) is 0. The van der Waals surface area contributed by atoms with Crippen LogP contribution in [0.25, 0.3) is 0 Å². The molecule has 1 heteroatoms. The number of ketones is 1. The highest BCUT2D eigenvalue weighted by Crippen LogP contribution is 2.01. The summed E-state index contributed by atoms with van der Waals surface area (Å²) in [6.07, 6.45) is 2.42. The molecule has 0 N–H and O–H groups in total. The van der Waals surface area contributed by atoms with Gasteiger partial charge in [-0.25, -0.2) is 0 Å². The van der Waals surface area contributed by atoms with E-state index in [9.17, 15) is 4.79 Å². The molecule has 0 aliphatic rings. The van der Waals surface area contributed by atoms with Crippen LogP contribution in [0.15, 0.2) is 12.7 Å². The quantitative estimate of drug-likeness (QED) is 0.509. The van der Waals surface area contributed by atoms with Gasteiger partial charge in [0, 0.05) is 6.42 Å². The molecule has 0 unspecified atom stereocenters. The van der Waals surface area contributed by atoms with Gasteiger partial charge in [0.15, 0.2) is 0 Å². The molecule has 0 bridgehead atoms. The Morgan fingerprint density at radius 2 is 2.38 bits per heavy atom. The minimum Gasteiger partial charge on any atom is -0.300 e. The first-order valence-corrected chi connectivity index (χ1v) is 2.78. The van der Waals surface area contributed by atoms with Gasteiger partial charge in [0.25, 0.3) is 0 Å². The molecule has 0 aromatic rings. The number of carbonyl (C=O) groups excluding carboxylic acids is 1. The molecule has 0 aromatic carbocycles. The highest BCUT2D eigenvalue weighted by molar-refractivity contribution is 5.75. The summed E-state index contributed by atoms with van der Waals surface area (Å²) in [5.74, 6) is 0.574. The first-order valence-electron chi connectivity index (χ1n) is 2.78. The van der Waals surface area contributed by atoms with Gasteiger partial charge in [0.1, 0.15) is 5.78 Å². The number of hydrogen-bond acceptors (Lipinski definition) is 1. The van der Waals surface area contributed by atoms with E-state index in [-0.39, 0.29) is 5.78 Å². The van der Waals surface area contributed by atoms with Crippen molar-refractivity contribution in [2.45, 2.75) is 20.3 Å². The first-order chi connectivity index (χ1) is 3.66. The number of hydrogen-bond donors (Lipinski definition) is 0. The summed E-state index contributed by atoms with van der Waals surface area (Å²) >= 11 is 0. The minimum absolute atomic E-state index is 0.234. The first kappa shape index (κ1) is 7.41. The Morgan fingerprint density at radius 1 is 1.88 bits per heavy atom. The molecule has 1 atom stereocenters. The molecule has 1 nitrogen and oxygen atoms in total. The Bertz CT molecular complexity index is 94.6. The molecule has 0 spiro atoms. The lowest BCUT2D eigenvalue weighted by molar-refractivity contribution is -0.117. The monoisotopic (exact) mass is 112 g/mol. The van der Waals surface area contributed by atoms with Crippen molar-refractivity contribution in [3.63, 3.8) is 0 Å². The fourth-order valence-corrected chi connectivity index (χ4v) is 0.537. The Morgan fingerprint density at radius 3 is 2.50 bits per heavy atom. The highest BCUT2D eigenvalue weighted by Gasteiger charge is 1.97. The average Bonchev–Trinajstić information content (AvgIpc) is 1.65. The maximum atomic E-state index is 10.4. The third-order valence-electron chi connectivity index (χ3n) is 1.01. The Kier molecular flexibility index (Phi) is 3.16. The van der Waals surface area contributed by atoms with Gasteiger partial charge < -0.3 is 4.79 Å². The van der Waals surface area contributed by atoms with E-state index in [0.717, 1.165) is 0 Å². The van der Waals surface area contributed by atoms with Crippen molar-refractivity contribution >= 4 is 5.78 Å². The average molecular weight is 112 g/mol. The van der Waals surface area contributed by atoms with E-state index in [0.29, 0.717) is 12.3 Å². The van der Waals surface area contributed by atoms with E-state index in [1.807, 2.05) is 6.92 Å². The summed E-state index contributed by atoms with van der Waals surface area (Å²) in [4.78, 5) is 10.4. The zero-order valence-corrected chi connectivity index (χ0v) is 5.48. The molecule has 8 heavy (non-hydrogen) atoms. The zero-order chi connectivity index (χ0) is 6.57. The van der Waals surface area contributed by atoms with Crippen molar-refractivity contribution in [1.82, 2.24) is 0 Å². The number of rotatable bonds is 3. The molecule has 0 aliphatic carbocycles. The van der Waals surface area contributed by atoms with Crippen molar-refractivity contribution in [3.8, 4) is 0 Å². The van der Waals surface area contributed by atoms with E-state index < -0.39 is 0 Å². The van der Waals surface area contributed by atoms with Gasteiger partial charge in [-0.15, -0.1) is 6.58 Å². The van der Waals surface area contributed by atoms with Crippen molar-refractivity contribution < 1.29 is 4.79 Å². The van der Waals surface area contributed by atoms with Gasteiger partial charge in [-0.2, -0.15) is 0 Å². The van der Waals surface area contributed by atoms with E-state index in [1.165, 1.54) is 0 Å². The predicted molar refractivity (Wildman–Crippen MR) is 34.7 cm³/mol. The summed E-state index contributed by atoms with van der Waals surface area (Å²) in [6, 6.07) is 0. The molecule has 0 rings (SSSR count). The fourth-order valence-electron chi connectivity index (χ4n) is 0.537. The van der Waals surface area contributed by atoms with E-state index in [1.54, 1.807) is 13.0 Å². The van der Waals surface area contributed by atoms with Gasteiger partial charge in [-0.3, -0.25) is 0 Å². The van der Waals surface area contributed by atoms with E-state index in [4.69, 9.17) is 0 Å². The standard InChI is InChI=1S/C7H12O/c1-4-6(2)5-7(3)8/h4,6H,1,5H2,2-3H3/t6-/m1/s1. The molecule has 0 heterocycles. The van der Waals surface area contributed by atoms with Crippen LogP contribution in [0.4, 0.5) is 0 Å². The van der Waals surface area contributed by atoms with Crippen molar-refractivity contribution in [2.75, 3.05) is 0 Å². The van der Waals surface area contributed by atoms with Gasteiger partial charge in [0.2, 0.25) is 0 Å². The molecular weight excluding hydrogens is 100 g/mol. The van der Waals surface area contributed by atoms with Crippen molar-refractivity contribution in [3.05, 3.63) is 12.7 Å². The highest BCUT2D eigenvalue weighted by atomic mass is 16.1. The molecule has 46 valence electrons. The molecule has 0 fully saturated rings. The zero-order valence-electron chi connectivity index (χ0n) is 5.48. The van der Waals surface area contributed by atoms with E-state index in [2.05, 4.69) is 6.58 Å². The van der Waals surface area contributed by atoms with Crippen LogP contribution in [0.2, 0.25) is 0 Å². The second kappa shape index (κ2) is 3.42. The molecule has 0 amide bonds. The maximum Gasteiger partial charge on any atom is 0.130 e. The topological polar surface area (TPSA) is 17.1 Å². The number of allylic oxidation sites excluding steroid dienone is 1.